The van der Waals surface area contributed by atoms with Crippen LogP contribution in [0.5, 0.6) is 0 Å². The highest BCUT2D eigenvalue weighted by atomic mass is 32.2. The molecule has 0 radical (unpaired) electrons. The SMILES string of the molecule is Cc1cccc(CC2SC(N=C(N)N)=NC2=O)c1. The van der Waals surface area contributed by atoms with E-state index in [0.717, 1.165) is 5.56 Å². The van der Waals surface area contributed by atoms with Gasteiger partial charge in [0.2, 0.25) is 0 Å². The van der Waals surface area contributed by atoms with Gasteiger partial charge in [-0.2, -0.15) is 9.98 Å². The first-order valence-electron chi connectivity index (χ1n) is 5.49. The number of nitrogens with zero attached hydrogens (tertiary/aromatic N) is 2. The molecule has 1 atom stereocenters. The highest BCUT2D eigenvalue weighted by molar-refractivity contribution is 8.15. The van der Waals surface area contributed by atoms with Crippen LogP contribution in [0.4, 0.5) is 0 Å². The molecule has 6 heteroatoms. The molecule has 0 fully saturated rings. The van der Waals surface area contributed by atoms with Crippen molar-refractivity contribution in [3.63, 3.8) is 0 Å². The number of amides is 1. The van der Waals surface area contributed by atoms with E-state index in [9.17, 15) is 4.79 Å². The average Bonchev–Trinajstić information content (AvgIpc) is 2.58. The molecule has 1 aliphatic heterocycles. The zero-order valence-corrected chi connectivity index (χ0v) is 10.8. The summed E-state index contributed by atoms with van der Waals surface area (Å²) in [6.45, 7) is 2.02. The second-order valence-corrected chi connectivity index (χ2v) is 5.24. The first kappa shape index (κ1) is 12.6. The molecule has 94 valence electrons. The Balaban J connectivity index is 2.06. The molecule has 18 heavy (non-hydrogen) atoms. The number of hydrogen-bond donors (Lipinski definition) is 2. The van der Waals surface area contributed by atoms with Crippen molar-refractivity contribution in [2.75, 3.05) is 0 Å². The van der Waals surface area contributed by atoms with Crippen molar-refractivity contribution in [3.8, 4) is 0 Å². The van der Waals surface area contributed by atoms with Crippen molar-refractivity contribution in [2.24, 2.45) is 21.5 Å². The summed E-state index contributed by atoms with van der Waals surface area (Å²) in [5, 5.41) is 0.113. The van der Waals surface area contributed by atoms with Crippen LogP contribution >= 0.6 is 11.8 Å². The van der Waals surface area contributed by atoms with Crippen LogP contribution in [0, 0.1) is 6.92 Å². The minimum absolute atomic E-state index is 0.0785. The van der Waals surface area contributed by atoms with Crippen LogP contribution in [-0.2, 0) is 11.2 Å². The third kappa shape index (κ3) is 3.10. The molecule has 0 saturated heterocycles. The van der Waals surface area contributed by atoms with Gasteiger partial charge in [-0.25, -0.2) is 0 Å². The van der Waals surface area contributed by atoms with E-state index in [4.69, 9.17) is 11.5 Å². The zero-order chi connectivity index (χ0) is 13.1. The lowest BCUT2D eigenvalue weighted by Crippen LogP contribution is -2.23. The highest BCUT2D eigenvalue weighted by Crippen LogP contribution is 2.26. The van der Waals surface area contributed by atoms with E-state index < -0.39 is 0 Å². The van der Waals surface area contributed by atoms with Crippen molar-refractivity contribution in [2.45, 2.75) is 18.6 Å². The number of guanidine groups is 1. The molecule has 1 aromatic rings. The molecule has 0 saturated carbocycles. The van der Waals surface area contributed by atoms with Gasteiger partial charge in [-0.3, -0.25) is 4.79 Å². The molecular formula is C12H14N4OS. The van der Waals surface area contributed by atoms with Crippen LogP contribution in [0.25, 0.3) is 0 Å². The van der Waals surface area contributed by atoms with Gasteiger partial charge in [0.1, 0.15) is 0 Å². The number of aliphatic imine (C=N–C) groups is 2. The van der Waals surface area contributed by atoms with E-state index in [0.29, 0.717) is 11.6 Å². The summed E-state index contributed by atoms with van der Waals surface area (Å²) in [5.41, 5.74) is 12.8. The van der Waals surface area contributed by atoms with Crippen molar-refractivity contribution in [3.05, 3.63) is 35.4 Å². The minimum Gasteiger partial charge on any atom is -0.370 e. The number of carbonyl (C=O) groups is 1. The largest absolute Gasteiger partial charge is 0.370 e. The van der Waals surface area contributed by atoms with Crippen molar-refractivity contribution >= 4 is 28.8 Å². The van der Waals surface area contributed by atoms with Crippen molar-refractivity contribution in [1.29, 1.82) is 0 Å². The number of benzene rings is 1. The Labute approximate surface area is 109 Å². The Kier molecular flexibility index (Phi) is 3.66. The smallest absolute Gasteiger partial charge is 0.262 e. The van der Waals surface area contributed by atoms with Crippen LogP contribution in [0.1, 0.15) is 11.1 Å². The summed E-state index contributed by atoms with van der Waals surface area (Å²) in [4.78, 5) is 19.3. The number of hydrogen-bond acceptors (Lipinski definition) is 3. The average molecular weight is 262 g/mol. The van der Waals surface area contributed by atoms with Crippen LogP contribution in [0.3, 0.4) is 0 Å². The fraction of sp³-hybridized carbons (Fsp3) is 0.250. The van der Waals surface area contributed by atoms with Gasteiger partial charge in [0, 0.05) is 0 Å². The third-order valence-corrected chi connectivity index (χ3v) is 3.50. The highest BCUT2D eigenvalue weighted by Gasteiger charge is 2.28. The molecule has 4 N–H and O–H groups in total. The summed E-state index contributed by atoms with van der Waals surface area (Å²) in [7, 11) is 0. The van der Waals surface area contributed by atoms with Crippen LogP contribution in [0.2, 0.25) is 0 Å². The predicted molar refractivity (Wildman–Crippen MR) is 74.5 cm³/mol. The molecular weight excluding hydrogens is 248 g/mol. The van der Waals surface area contributed by atoms with Crippen LogP contribution in [0.15, 0.2) is 34.3 Å². The second kappa shape index (κ2) is 5.22. The van der Waals surface area contributed by atoms with Crippen molar-refractivity contribution < 1.29 is 4.79 Å². The molecule has 1 heterocycles. The van der Waals surface area contributed by atoms with Gasteiger partial charge in [-0.15, -0.1) is 0 Å². The number of carbonyl (C=O) groups excluding carboxylic acids is 1. The lowest BCUT2D eigenvalue weighted by molar-refractivity contribution is -0.117. The molecule has 0 aliphatic carbocycles. The standard InChI is InChI=1S/C12H14N4OS/c1-7-3-2-4-8(5-7)6-9-10(17)15-12(18-9)16-11(13)14/h2-5,9H,6H2,1H3,(H4,13,14,15,16,17). The van der Waals surface area contributed by atoms with Gasteiger partial charge >= 0.3 is 0 Å². The monoisotopic (exact) mass is 262 g/mol. The number of rotatable bonds is 2. The lowest BCUT2D eigenvalue weighted by Gasteiger charge is -2.06. The maximum Gasteiger partial charge on any atom is 0.262 e. The molecule has 0 bridgehead atoms. The molecule has 0 spiro atoms. The molecule has 1 aromatic carbocycles. The maximum atomic E-state index is 11.7. The Hall–Kier alpha value is -1.82. The van der Waals surface area contributed by atoms with Gasteiger partial charge in [0.25, 0.3) is 5.91 Å². The van der Waals surface area contributed by atoms with Gasteiger partial charge < -0.3 is 11.5 Å². The van der Waals surface area contributed by atoms with E-state index >= 15 is 0 Å². The molecule has 0 aromatic heterocycles. The number of amidine groups is 1. The van der Waals surface area contributed by atoms with Gasteiger partial charge in [0.15, 0.2) is 11.1 Å². The fourth-order valence-corrected chi connectivity index (χ4v) is 2.70. The summed E-state index contributed by atoms with van der Waals surface area (Å²) in [6.07, 6.45) is 0.637. The summed E-state index contributed by atoms with van der Waals surface area (Å²) in [5.74, 6) is -0.258. The van der Waals surface area contributed by atoms with Crippen molar-refractivity contribution in [1.82, 2.24) is 0 Å². The molecule has 1 unspecified atom stereocenters. The predicted octanol–water partition coefficient (Wildman–Crippen LogP) is 0.809. The lowest BCUT2D eigenvalue weighted by atomic mass is 10.1. The molecule has 2 rings (SSSR count). The Morgan fingerprint density at radius 1 is 1.50 bits per heavy atom. The first-order valence-corrected chi connectivity index (χ1v) is 6.37. The summed E-state index contributed by atoms with van der Waals surface area (Å²) in [6, 6.07) is 8.06. The summed E-state index contributed by atoms with van der Waals surface area (Å²) >= 11 is 1.30. The van der Waals surface area contributed by atoms with E-state index in [1.165, 1.54) is 17.3 Å². The first-order chi connectivity index (χ1) is 8.54. The Morgan fingerprint density at radius 2 is 2.28 bits per heavy atom. The Bertz CT molecular complexity index is 535. The normalized spacial score (nSPS) is 18.6. The van der Waals surface area contributed by atoms with Crippen LogP contribution < -0.4 is 11.5 Å². The second-order valence-electron chi connectivity index (χ2n) is 4.07. The molecule has 1 aliphatic rings. The van der Waals surface area contributed by atoms with E-state index in [2.05, 4.69) is 16.1 Å². The quantitative estimate of drug-likeness (QED) is 0.609. The fourth-order valence-electron chi connectivity index (χ4n) is 1.71. The minimum atomic E-state index is -0.232. The molecule has 5 nitrogen and oxygen atoms in total. The summed E-state index contributed by atoms with van der Waals surface area (Å²) < 4.78 is 0. The number of thioether (sulfide) groups is 1. The number of aryl methyl sites for hydroxylation is 1. The maximum absolute atomic E-state index is 11.7. The van der Waals surface area contributed by atoms with Crippen LogP contribution in [-0.4, -0.2) is 22.3 Å². The van der Waals surface area contributed by atoms with Gasteiger partial charge in [-0.1, -0.05) is 41.6 Å². The third-order valence-electron chi connectivity index (χ3n) is 2.46. The zero-order valence-electron chi connectivity index (χ0n) is 9.96. The Morgan fingerprint density at radius 3 is 2.94 bits per heavy atom. The van der Waals surface area contributed by atoms with Gasteiger partial charge in [0.05, 0.1) is 5.25 Å². The van der Waals surface area contributed by atoms with E-state index in [-0.39, 0.29) is 17.1 Å². The molecule has 1 amide bonds. The number of nitrogens with two attached hydrogens (primary N) is 2. The van der Waals surface area contributed by atoms with E-state index in [1.807, 2.05) is 25.1 Å². The van der Waals surface area contributed by atoms with E-state index in [1.54, 1.807) is 0 Å². The topological polar surface area (TPSA) is 93.8 Å². The van der Waals surface area contributed by atoms with Gasteiger partial charge in [-0.05, 0) is 18.9 Å².